The summed E-state index contributed by atoms with van der Waals surface area (Å²) >= 11 is 1.60. The van der Waals surface area contributed by atoms with Gasteiger partial charge in [-0.15, -0.1) is 11.3 Å². The van der Waals surface area contributed by atoms with Crippen molar-refractivity contribution >= 4 is 16.5 Å². The molecule has 3 nitrogen and oxygen atoms in total. The SMILES string of the molecule is CN(CCC1CCCCC1)Cc1cnc(N)s1. The summed E-state index contributed by atoms with van der Waals surface area (Å²) in [5.74, 6) is 0.970. The third-order valence-corrected chi connectivity index (χ3v) is 4.45. The standard InChI is InChI=1S/C13H23N3S/c1-16(10-12-9-15-13(14)17-12)8-7-11-5-3-2-4-6-11/h9,11H,2-8,10H2,1H3,(H2,14,15). The minimum absolute atomic E-state index is 0.681. The summed E-state index contributed by atoms with van der Waals surface area (Å²) in [5.41, 5.74) is 5.63. The van der Waals surface area contributed by atoms with Crippen LogP contribution in [0.3, 0.4) is 0 Å². The zero-order valence-corrected chi connectivity index (χ0v) is 11.5. The lowest BCUT2D eigenvalue weighted by molar-refractivity contribution is 0.261. The van der Waals surface area contributed by atoms with E-state index in [1.165, 1.54) is 49.9 Å². The van der Waals surface area contributed by atoms with Crippen LogP contribution < -0.4 is 5.73 Å². The normalized spacial score (nSPS) is 17.8. The average Bonchev–Trinajstić information content (AvgIpc) is 2.73. The van der Waals surface area contributed by atoms with Crippen molar-refractivity contribution in [3.8, 4) is 0 Å². The molecule has 1 saturated carbocycles. The number of aromatic nitrogens is 1. The maximum atomic E-state index is 5.63. The first-order chi connectivity index (χ1) is 8.24. The molecule has 4 heteroatoms. The Kier molecular flexibility index (Phi) is 4.80. The van der Waals surface area contributed by atoms with Crippen molar-refractivity contribution in [2.24, 2.45) is 5.92 Å². The molecule has 0 bridgehead atoms. The fourth-order valence-electron chi connectivity index (χ4n) is 2.62. The van der Waals surface area contributed by atoms with E-state index in [2.05, 4.69) is 16.9 Å². The first-order valence-electron chi connectivity index (χ1n) is 6.63. The Morgan fingerprint density at radius 2 is 2.18 bits per heavy atom. The molecule has 0 amide bonds. The number of thiazole rings is 1. The van der Waals surface area contributed by atoms with Gasteiger partial charge in [0.1, 0.15) is 0 Å². The third-order valence-electron chi connectivity index (χ3n) is 3.64. The van der Waals surface area contributed by atoms with Gasteiger partial charge in [0, 0.05) is 17.6 Å². The lowest BCUT2D eigenvalue weighted by atomic mass is 9.87. The molecule has 0 saturated heterocycles. The Labute approximate surface area is 108 Å². The van der Waals surface area contributed by atoms with Gasteiger partial charge in [0.25, 0.3) is 0 Å². The van der Waals surface area contributed by atoms with Crippen molar-refractivity contribution in [3.63, 3.8) is 0 Å². The van der Waals surface area contributed by atoms with Crippen molar-refractivity contribution in [2.45, 2.75) is 45.1 Å². The van der Waals surface area contributed by atoms with Gasteiger partial charge >= 0.3 is 0 Å². The van der Waals surface area contributed by atoms with E-state index in [4.69, 9.17) is 5.73 Å². The van der Waals surface area contributed by atoms with Crippen molar-refractivity contribution in [2.75, 3.05) is 19.3 Å². The molecule has 96 valence electrons. The Morgan fingerprint density at radius 3 is 2.82 bits per heavy atom. The molecule has 0 aromatic carbocycles. The summed E-state index contributed by atoms with van der Waals surface area (Å²) in [7, 11) is 2.19. The molecule has 0 aliphatic heterocycles. The van der Waals surface area contributed by atoms with E-state index >= 15 is 0 Å². The molecule has 17 heavy (non-hydrogen) atoms. The van der Waals surface area contributed by atoms with Crippen molar-refractivity contribution in [1.82, 2.24) is 9.88 Å². The number of nitrogen functional groups attached to an aromatic ring is 1. The Morgan fingerprint density at radius 1 is 1.41 bits per heavy atom. The van der Waals surface area contributed by atoms with Gasteiger partial charge in [-0.05, 0) is 25.9 Å². The highest BCUT2D eigenvalue weighted by atomic mass is 32.1. The minimum atomic E-state index is 0.681. The smallest absolute Gasteiger partial charge is 0.180 e. The van der Waals surface area contributed by atoms with Crippen LogP contribution in [0.4, 0.5) is 5.13 Å². The maximum Gasteiger partial charge on any atom is 0.180 e. The van der Waals surface area contributed by atoms with E-state index in [0.717, 1.165) is 12.5 Å². The lowest BCUT2D eigenvalue weighted by Crippen LogP contribution is -2.21. The monoisotopic (exact) mass is 253 g/mol. The lowest BCUT2D eigenvalue weighted by Gasteiger charge is -2.24. The average molecular weight is 253 g/mol. The first kappa shape index (κ1) is 12.8. The van der Waals surface area contributed by atoms with Crippen LogP contribution in [-0.4, -0.2) is 23.5 Å². The van der Waals surface area contributed by atoms with Gasteiger partial charge < -0.3 is 10.6 Å². The number of anilines is 1. The second-order valence-corrected chi connectivity index (χ2v) is 6.34. The molecule has 2 N–H and O–H groups in total. The van der Waals surface area contributed by atoms with Gasteiger partial charge in [-0.2, -0.15) is 0 Å². The van der Waals surface area contributed by atoms with E-state index in [1.54, 1.807) is 11.3 Å². The second kappa shape index (κ2) is 6.36. The molecule has 0 spiro atoms. The van der Waals surface area contributed by atoms with Crippen LogP contribution in [0.1, 0.15) is 43.4 Å². The van der Waals surface area contributed by atoms with Crippen molar-refractivity contribution in [3.05, 3.63) is 11.1 Å². The zero-order valence-electron chi connectivity index (χ0n) is 10.7. The van der Waals surface area contributed by atoms with Crippen LogP contribution in [0.5, 0.6) is 0 Å². The molecule has 1 aromatic heterocycles. The number of nitrogens with two attached hydrogens (primary N) is 1. The van der Waals surface area contributed by atoms with Gasteiger partial charge in [0.15, 0.2) is 5.13 Å². The molecular formula is C13H23N3S. The van der Waals surface area contributed by atoms with Gasteiger partial charge in [-0.25, -0.2) is 4.98 Å². The number of hydrogen-bond acceptors (Lipinski definition) is 4. The Bertz CT molecular complexity index is 331. The molecular weight excluding hydrogens is 230 g/mol. The fourth-order valence-corrected chi connectivity index (χ4v) is 3.38. The summed E-state index contributed by atoms with van der Waals surface area (Å²) in [6.07, 6.45) is 10.5. The molecule has 1 heterocycles. The van der Waals surface area contributed by atoms with Gasteiger partial charge in [-0.1, -0.05) is 32.1 Å². The topological polar surface area (TPSA) is 42.2 Å². The largest absolute Gasteiger partial charge is 0.375 e. The maximum absolute atomic E-state index is 5.63. The van der Waals surface area contributed by atoms with Crippen LogP contribution in [0.25, 0.3) is 0 Å². The molecule has 2 rings (SSSR count). The van der Waals surface area contributed by atoms with E-state index in [0.29, 0.717) is 5.13 Å². The summed E-state index contributed by atoms with van der Waals surface area (Å²) in [6, 6.07) is 0. The summed E-state index contributed by atoms with van der Waals surface area (Å²) in [6.45, 7) is 2.18. The van der Waals surface area contributed by atoms with Gasteiger partial charge in [0.2, 0.25) is 0 Å². The predicted octanol–water partition coefficient (Wildman–Crippen LogP) is 3.13. The molecule has 1 aliphatic carbocycles. The van der Waals surface area contributed by atoms with E-state index in [1.807, 2.05) is 6.20 Å². The van der Waals surface area contributed by atoms with Crippen molar-refractivity contribution < 1.29 is 0 Å². The van der Waals surface area contributed by atoms with Crippen LogP contribution in [0.2, 0.25) is 0 Å². The van der Waals surface area contributed by atoms with Crippen LogP contribution in [-0.2, 0) is 6.54 Å². The van der Waals surface area contributed by atoms with Crippen LogP contribution >= 0.6 is 11.3 Å². The van der Waals surface area contributed by atoms with Gasteiger partial charge in [-0.3, -0.25) is 0 Å². The first-order valence-corrected chi connectivity index (χ1v) is 7.44. The van der Waals surface area contributed by atoms with Gasteiger partial charge in [0.05, 0.1) is 0 Å². The summed E-state index contributed by atoms with van der Waals surface area (Å²) in [4.78, 5) is 7.75. The van der Waals surface area contributed by atoms with Crippen molar-refractivity contribution in [1.29, 1.82) is 0 Å². The molecule has 0 atom stereocenters. The number of rotatable bonds is 5. The minimum Gasteiger partial charge on any atom is -0.375 e. The third kappa shape index (κ3) is 4.28. The zero-order chi connectivity index (χ0) is 12.1. The summed E-state index contributed by atoms with van der Waals surface area (Å²) in [5, 5.41) is 0.681. The highest BCUT2D eigenvalue weighted by Gasteiger charge is 2.14. The Hall–Kier alpha value is -0.610. The Balaban J connectivity index is 1.68. The van der Waals surface area contributed by atoms with E-state index < -0.39 is 0 Å². The molecule has 1 aliphatic rings. The molecule has 1 aromatic rings. The molecule has 1 fully saturated rings. The highest BCUT2D eigenvalue weighted by Crippen LogP contribution is 2.26. The second-order valence-electron chi connectivity index (χ2n) is 5.20. The van der Waals surface area contributed by atoms with Crippen LogP contribution in [0, 0.1) is 5.92 Å². The quantitative estimate of drug-likeness (QED) is 0.876. The molecule has 0 radical (unpaired) electrons. The fraction of sp³-hybridized carbons (Fsp3) is 0.769. The van der Waals surface area contributed by atoms with Crippen LogP contribution in [0.15, 0.2) is 6.20 Å². The number of nitrogens with zero attached hydrogens (tertiary/aromatic N) is 2. The van der Waals surface area contributed by atoms with E-state index in [9.17, 15) is 0 Å². The highest BCUT2D eigenvalue weighted by molar-refractivity contribution is 7.15. The number of hydrogen-bond donors (Lipinski definition) is 1. The molecule has 0 unspecified atom stereocenters. The predicted molar refractivity (Wildman–Crippen MR) is 74.1 cm³/mol. The van der Waals surface area contributed by atoms with E-state index in [-0.39, 0.29) is 0 Å². The summed E-state index contributed by atoms with van der Waals surface area (Å²) < 4.78 is 0.